The van der Waals surface area contributed by atoms with E-state index in [1.165, 1.54) is 0 Å². The summed E-state index contributed by atoms with van der Waals surface area (Å²) in [6, 6.07) is 23.7. The van der Waals surface area contributed by atoms with Crippen LogP contribution in [-0.4, -0.2) is 31.6 Å². The van der Waals surface area contributed by atoms with E-state index in [2.05, 4.69) is 10.1 Å². The van der Waals surface area contributed by atoms with Crippen molar-refractivity contribution in [1.29, 1.82) is 0 Å². The van der Waals surface area contributed by atoms with Gasteiger partial charge < -0.3 is 5.11 Å². The van der Waals surface area contributed by atoms with Crippen molar-refractivity contribution >= 4 is 11.8 Å². The van der Waals surface area contributed by atoms with Crippen molar-refractivity contribution < 1.29 is 14.7 Å². The lowest BCUT2D eigenvalue weighted by Crippen LogP contribution is -2.09. The summed E-state index contributed by atoms with van der Waals surface area (Å²) in [4.78, 5) is 29.0. The molecule has 0 atom stereocenters. The highest BCUT2D eigenvalue weighted by Crippen LogP contribution is 2.25. The number of hydrogen-bond donors (Lipinski definition) is 1. The van der Waals surface area contributed by atoms with Crippen molar-refractivity contribution in [3.05, 3.63) is 107 Å². The Labute approximate surface area is 179 Å². The largest absolute Gasteiger partial charge is 0.478 e. The molecule has 154 valence electrons. The van der Waals surface area contributed by atoms with Gasteiger partial charge in [-0.15, -0.1) is 5.10 Å². The van der Waals surface area contributed by atoms with Crippen molar-refractivity contribution in [3.63, 3.8) is 0 Å². The van der Waals surface area contributed by atoms with E-state index in [9.17, 15) is 14.7 Å². The molecular formula is C25H21N3O3. The van der Waals surface area contributed by atoms with E-state index < -0.39 is 5.97 Å². The van der Waals surface area contributed by atoms with E-state index >= 15 is 0 Å². The van der Waals surface area contributed by atoms with Gasteiger partial charge in [0.25, 0.3) is 0 Å². The summed E-state index contributed by atoms with van der Waals surface area (Å²) >= 11 is 0. The minimum absolute atomic E-state index is 0.141. The maximum atomic E-state index is 12.7. The average molecular weight is 411 g/mol. The third kappa shape index (κ3) is 4.28. The molecular weight excluding hydrogens is 390 g/mol. The first-order valence-corrected chi connectivity index (χ1v) is 10.0. The van der Waals surface area contributed by atoms with Gasteiger partial charge in [-0.2, -0.15) is 0 Å². The van der Waals surface area contributed by atoms with Crippen LogP contribution < -0.4 is 0 Å². The molecule has 0 aliphatic rings. The number of benzene rings is 3. The average Bonchev–Trinajstić information content (AvgIpc) is 3.22. The number of carboxylic acid groups (broad SMARTS) is 1. The van der Waals surface area contributed by atoms with Crippen molar-refractivity contribution in [2.75, 3.05) is 0 Å². The van der Waals surface area contributed by atoms with Gasteiger partial charge in [-0.05, 0) is 22.8 Å². The van der Waals surface area contributed by atoms with Crippen molar-refractivity contribution in [1.82, 2.24) is 14.8 Å². The lowest BCUT2D eigenvalue weighted by atomic mass is 9.97. The van der Waals surface area contributed by atoms with Crippen LogP contribution in [0.3, 0.4) is 0 Å². The predicted molar refractivity (Wildman–Crippen MR) is 117 cm³/mol. The minimum Gasteiger partial charge on any atom is -0.478 e. The molecule has 0 aliphatic carbocycles. The fraction of sp³-hybridized carbons (Fsp3) is 0.120. The van der Waals surface area contributed by atoms with Crippen LogP contribution in [0, 0.1) is 0 Å². The maximum Gasteiger partial charge on any atom is 0.336 e. The Morgan fingerprint density at radius 1 is 0.935 bits per heavy atom. The number of aromatic nitrogens is 3. The molecule has 0 amide bonds. The van der Waals surface area contributed by atoms with E-state index in [4.69, 9.17) is 0 Å². The third-order valence-corrected chi connectivity index (χ3v) is 5.04. The van der Waals surface area contributed by atoms with Crippen LogP contribution in [0.2, 0.25) is 0 Å². The van der Waals surface area contributed by atoms with Gasteiger partial charge in [0.2, 0.25) is 11.6 Å². The Morgan fingerprint density at radius 3 is 2.26 bits per heavy atom. The summed E-state index contributed by atoms with van der Waals surface area (Å²) in [6.45, 7) is 2.27. The summed E-state index contributed by atoms with van der Waals surface area (Å²) in [5.74, 6) is -0.416. The molecule has 0 bridgehead atoms. The zero-order chi connectivity index (χ0) is 21.8. The first kappa shape index (κ1) is 20.2. The SMILES string of the molecule is CCc1nc(C(=O)c2ccccc2)nn1Cc1ccc(-c2ccccc2)c(C(=O)O)c1. The lowest BCUT2D eigenvalue weighted by Gasteiger charge is -2.10. The first-order chi connectivity index (χ1) is 15.1. The summed E-state index contributed by atoms with van der Waals surface area (Å²) in [6.07, 6.45) is 0.600. The van der Waals surface area contributed by atoms with Crippen LogP contribution >= 0.6 is 0 Å². The van der Waals surface area contributed by atoms with E-state index in [0.29, 0.717) is 29.9 Å². The number of carbonyl (C=O) groups is 2. The molecule has 0 radical (unpaired) electrons. The summed E-state index contributed by atoms with van der Waals surface area (Å²) in [7, 11) is 0. The summed E-state index contributed by atoms with van der Waals surface area (Å²) < 4.78 is 1.67. The second kappa shape index (κ2) is 8.75. The molecule has 6 nitrogen and oxygen atoms in total. The highest BCUT2D eigenvalue weighted by Gasteiger charge is 2.18. The van der Waals surface area contributed by atoms with Gasteiger partial charge in [0, 0.05) is 12.0 Å². The Morgan fingerprint density at radius 2 is 1.61 bits per heavy atom. The second-order valence-electron chi connectivity index (χ2n) is 7.11. The van der Waals surface area contributed by atoms with Crippen LogP contribution in [-0.2, 0) is 13.0 Å². The number of rotatable bonds is 7. The van der Waals surface area contributed by atoms with E-state index in [-0.39, 0.29) is 17.2 Å². The van der Waals surface area contributed by atoms with Gasteiger partial charge >= 0.3 is 5.97 Å². The number of ketones is 1. The van der Waals surface area contributed by atoms with Crippen LogP contribution in [0.1, 0.15) is 44.9 Å². The van der Waals surface area contributed by atoms with Gasteiger partial charge in [-0.3, -0.25) is 4.79 Å². The third-order valence-electron chi connectivity index (χ3n) is 5.04. The van der Waals surface area contributed by atoms with Gasteiger partial charge in [-0.1, -0.05) is 79.7 Å². The molecule has 0 unspecified atom stereocenters. The highest BCUT2D eigenvalue weighted by molar-refractivity contribution is 6.06. The normalized spacial score (nSPS) is 10.7. The van der Waals surface area contributed by atoms with Crippen molar-refractivity contribution in [2.24, 2.45) is 0 Å². The van der Waals surface area contributed by atoms with Crippen LogP contribution in [0.25, 0.3) is 11.1 Å². The lowest BCUT2D eigenvalue weighted by molar-refractivity contribution is 0.0697. The minimum atomic E-state index is -0.991. The number of carboxylic acids is 1. The Kier molecular flexibility index (Phi) is 5.71. The second-order valence-corrected chi connectivity index (χ2v) is 7.11. The van der Waals surface area contributed by atoms with E-state index in [1.54, 1.807) is 35.0 Å². The zero-order valence-electron chi connectivity index (χ0n) is 17.0. The summed E-state index contributed by atoms with van der Waals surface area (Å²) in [5.41, 5.74) is 3.03. The molecule has 31 heavy (non-hydrogen) atoms. The molecule has 3 aromatic carbocycles. The maximum absolute atomic E-state index is 12.7. The summed E-state index contributed by atoms with van der Waals surface area (Å²) in [5, 5.41) is 14.2. The molecule has 0 aliphatic heterocycles. The number of aryl methyl sites for hydroxylation is 1. The Balaban J connectivity index is 1.66. The number of hydrogen-bond acceptors (Lipinski definition) is 4. The molecule has 1 aromatic heterocycles. The zero-order valence-corrected chi connectivity index (χ0v) is 17.0. The predicted octanol–water partition coefficient (Wildman–Crippen LogP) is 4.49. The monoisotopic (exact) mass is 411 g/mol. The molecule has 4 aromatic rings. The molecule has 0 saturated carbocycles. The molecule has 1 N–H and O–H groups in total. The van der Waals surface area contributed by atoms with Crippen LogP contribution in [0.15, 0.2) is 78.9 Å². The van der Waals surface area contributed by atoms with Gasteiger partial charge in [0.05, 0.1) is 12.1 Å². The van der Waals surface area contributed by atoms with Gasteiger partial charge in [-0.25, -0.2) is 14.5 Å². The topological polar surface area (TPSA) is 85.1 Å². The van der Waals surface area contributed by atoms with Crippen LogP contribution in [0.5, 0.6) is 0 Å². The van der Waals surface area contributed by atoms with E-state index in [1.807, 2.05) is 55.5 Å². The molecule has 4 rings (SSSR count). The smallest absolute Gasteiger partial charge is 0.336 e. The van der Waals surface area contributed by atoms with E-state index in [0.717, 1.165) is 11.1 Å². The molecule has 0 saturated heterocycles. The fourth-order valence-corrected chi connectivity index (χ4v) is 3.49. The van der Waals surface area contributed by atoms with Gasteiger partial charge in [0.1, 0.15) is 5.82 Å². The van der Waals surface area contributed by atoms with Gasteiger partial charge in [0.15, 0.2) is 0 Å². The number of aromatic carboxylic acids is 1. The Hall–Kier alpha value is -4.06. The fourth-order valence-electron chi connectivity index (χ4n) is 3.49. The number of carbonyl (C=O) groups excluding carboxylic acids is 1. The molecule has 1 heterocycles. The standard InChI is InChI=1S/C25H21N3O3/c1-2-22-26-24(23(29)19-11-7-4-8-12-19)27-28(22)16-17-13-14-20(21(15-17)25(30)31)18-9-5-3-6-10-18/h3-15H,2,16H2,1H3,(H,30,31). The molecule has 6 heteroatoms. The molecule has 0 fully saturated rings. The van der Waals surface area contributed by atoms with Crippen molar-refractivity contribution in [2.45, 2.75) is 19.9 Å². The number of nitrogens with zero attached hydrogens (tertiary/aromatic N) is 3. The highest BCUT2D eigenvalue weighted by atomic mass is 16.4. The van der Waals surface area contributed by atoms with Crippen LogP contribution in [0.4, 0.5) is 0 Å². The quantitative estimate of drug-likeness (QED) is 0.453. The van der Waals surface area contributed by atoms with Crippen molar-refractivity contribution in [3.8, 4) is 11.1 Å². The first-order valence-electron chi connectivity index (χ1n) is 10.0. The molecule has 0 spiro atoms. The Bertz CT molecular complexity index is 1230.